The molecule has 0 fully saturated rings. The van der Waals surface area contributed by atoms with Gasteiger partial charge in [-0.2, -0.15) is 0 Å². The number of aromatic nitrogens is 1. The molecule has 0 saturated carbocycles. The molecule has 0 amide bonds. The SMILES string of the molecule is C1=CC(C2=NC(c3cc(-c4ccc(-c5ccccn5)cc4)cc(-c4ccc5c6c(cccc46)-c4ccccc4-5)c3)[N-]C(c3ccccc3)=N2)=CCC1. The van der Waals surface area contributed by atoms with E-state index in [-0.39, 0.29) is 0 Å². The highest BCUT2D eigenvalue weighted by atomic mass is 15.2. The van der Waals surface area contributed by atoms with E-state index in [1.165, 1.54) is 38.6 Å². The van der Waals surface area contributed by atoms with Crippen molar-refractivity contribution < 1.29 is 0 Å². The number of amidine groups is 2. The summed E-state index contributed by atoms with van der Waals surface area (Å²) in [7, 11) is 0. The first kappa shape index (κ1) is 30.2. The first-order chi connectivity index (χ1) is 25.8. The van der Waals surface area contributed by atoms with Crippen LogP contribution in [0, 0.1) is 0 Å². The van der Waals surface area contributed by atoms with Gasteiger partial charge in [0.1, 0.15) is 0 Å². The van der Waals surface area contributed by atoms with Gasteiger partial charge < -0.3 is 10.3 Å². The molecule has 52 heavy (non-hydrogen) atoms. The molecule has 10 rings (SSSR count). The van der Waals surface area contributed by atoms with Crippen LogP contribution >= 0.6 is 0 Å². The van der Waals surface area contributed by atoms with E-state index >= 15 is 0 Å². The van der Waals surface area contributed by atoms with E-state index in [1.807, 2.05) is 42.6 Å². The largest absolute Gasteiger partial charge is 0.438 e. The maximum Gasteiger partial charge on any atom is 0.0822 e. The number of hydrogen-bond acceptors (Lipinski definition) is 3. The minimum Gasteiger partial charge on any atom is -0.438 e. The third-order valence-corrected chi connectivity index (χ3v) is 10.3. The summed E-state index contributed by atoms with van der Waals surface area (Å²) in [6.07, 6.45) is 9.97. The standard InChI is InChI=1S/C48H33N4/c1-3-12-33(13-4-1)46-50-47(34-14-5-2-6-15-34)52-48(51-46)37-29-35(31-21-23-32(24-22-31)44-20-9-10-27-49-44)28-36(30-37)38-25-26-43-40-17-8-7-16-39(40)42-19-11-18-41(38)45(42)43/h1,3-5,7-30,48H,2,6H2/q-1. The van der Waals surface area contributed by atoms with Crippen LogP contribution in [0.25, 0.3) is 71.9 Å². The maximum absolute atomic E-state index is 5.24. The quantitative estimate of drug-likeness (QED) is 0.174. The van der Waals surface area contributed by atoms with Gasteiger partial charge in [-0.05, 0) is 115 Å². The molecule has 2 heterocycles. The van der Waals surface area contributed by atoms with Crippen molar-refractivity contribution in [3.05, 3.63) is 192 Å². The van der Waals surface area contributed by atoms with E-state index in [2.05, 4.69) is 132 Å². The van der Waals surface area contributed by atoms with Crippen LogP contribution in [0.1, 0.15) is 30.1 Å². The summed E-state index contributed by atoms with van der Waals surface area (Å²) < 4.78 is 0. The van der Waals surface area contributed by atoms with Crippen molar-refractivity contribution >= 4 is 22.4 Å². The lowest BCUT2D eigenvalue weighted by molar-refractivity contribution is 0.877. The molecule has 1 aromatic heterocycles. The van der Waals surface area contributed by atoms with Gasteiger partial charge in [0, 0.05) is 11.8 Å². The zero-order chi connectivity index (χ0) is 34.4. The van der Waals surface area contributed by atoms with Gasteiger partial charge >= 0.3 is 0 Å². The second kappa shape index (κ2) is 12.6. The number of aliphatic imine (C=N–C) groups is 2. The lowest BCUT2D eigenvalue weighted by Crippen LogP contribution is -2.16. The second-order valence-corrected chi connectivity index (χ2v) is 13.5. The van der Waals surface area contributed by atoms with Crippen molar-refractivity contribution in [3.63, 3.8) is 0 Å². The Morgan fingerprint density at radius 3 is 2.06 bits per heavy atom. The highest BCUT2D eigenvalue weighted by Gasteiger charge is 2.23. The number of benzene rings is 6. The zero-order valence-electron chi connectivity index (χ0n) is 28.4. The average Bonchev–Trinajstić information content (AvgIpc) is 3.56. The van der Waals surface area contributed by atoms with Crippen LogP contribution in [0.15, 0.2) is 186 Å². The van der Waals surface area contributed by atoms with Crippen molar-refractivity contribution in [1.29, 1.82) is 0 Å². The highest BCUT2D eigenvalue weighted by Crippen LogP contribution is 2.49. The fourth-order valence-electron chi connectivity index (χ4n) is 7.76. The molecule has 3 aliphatic rings. The first-order valence-corrected chi connectivity index (χ1v) is 17.9. The molecule has 1 atom stereocenters. The zero-order valence-corrected chi connectivity index (χ0v) is 28.4. The molecule has 0 bridgehead atoms. The van der Waals surface area contributed by atoms with Gasteiger partial charge in [0.2, 0.25) is 0 Å². The number of nitrogens with zero attached hydrogens (tertiary/aromatic N) is 4. The molecule has 6 aromatic carbocycles. The Morgan fingerprint density at radius 1 is 0.538 bits per heavy atom. The van der Waals surface area contributed by atoms with Crippen LogP contribution in [0.3, 0.4) is 0 Å². The number of allylic oxidation sites excluding steroid dienone is 2. The molecule has 0 spiro atoms. The molecule has 0 saturated heterocycles. The molecule has 1 unspecified atom stereocenters. The van der Waals surface area contributed by atoms with Gasteiger partial charge in [-0.3, -0.25) is 9.98 Å². The van der Waals surface area contributed by atoms with E-state index in [0.717, 1.165) is 63.3 Å². The fraction of sp³-hybridized carbons (Fsp3) is 0.0625. The van der Waals surface area contributed by atoms with Gasteiger partial charge in [0.15, 0.2) is 0 Å². The third-order valence-electron chi connectivity index (χ3n) is 10.3. The summed E-state index contributed by atoms with van der Waals surface area (Å²) in [5, 5.41) is 7.78. The molecule has 0 N–H and O–H groups in total. The summed E-state index contributed by atoms with van der Waals surface area (Å²) in [5.41, 5.74) is 14.8. The Morgan fingerprint density at radius 2 is 1.27 bits per heavy atom. The third kappa shape index (κ3) is 5.28. The number of fused-ring (bicyclic) bond motifs is 3. The summed E-state index contributed by atoms with van der Waals surface area (Å²) in [5.74, 6) is 1.43. The van der Waals surface area contributed by atoms with Crippen molar-refractivity contribution in [1.82, 2.24) is 4.98 Å². The minimum atomic E-state index is -0.466. The summed E-state index contributed by atoms with van der Waals surface area (Å²) in [6, 6.07) is 51.8. The Labute approximate surface area is 303 Å². The molecular weight excluding hydrogens is 633 g/mol. The molecule has 4 nitrogen and oxygen atoms in total. The van der Waals surface area contributed by atoms with E-state index in [9.17, 15) is 0 Å². The second-order valence-electron chi connectivity index (χ2n) is 13.5. The molecular formula is C48H33N4-. The van der Waals surface area contributed by atoms with E-state index < -0.39 is 6.17 Å². The van der Waals surface area contributed by atoms with Crippen molar-refractivity contribution in [2.75, 3.05) is 0 Å². The Kier molecular flexibility index (Phi) is 7.31. The fourth-order valence-corrected chi connectivity index (χ4v) is 7.76. The number of rotatable bonds is 6. The average molecular weight is 666 g/mol. The molecule has 7 aromatic rings. The Balaban J connectivity index is 1.15. The molecule has 0 radical (unpaired) electrons. The lowest BCUT2D eigenvalue weighted by Gasteiger charge is -2.33. The summed E-state index contributed by atoms with van der Waals surface area (Å²) in [6.45, 7) is 0. The lowest BCUT2D eigenvalue weighted by atomic mass is 9.90. The number of pyridine rings is 1. The number of hydrogen-bond donors (Lipinski definition) is 0. The van der Waals surface area contributed by atoms with Crippen LogP contribution in [0.4, 0.5) is 0 Å². The Hall–Kier alpha value is -6.65. The van der Waals surface area contributed by atoms with Gasteiger partial charge in [0.05, 0.1) is 17.7 Å². The van der Waals surface area contributed by atoms with E-state index in [0.29, 0.717) is 5.84 Å². The summed E-state index contributed by atoms with van der Waals surface area (Å²) >= 11 is 0. The van der Waals surface area contributed by atoms with Crippen molar-refractivity contribution in [2.45, 2.75) is 19.0 Å². The van der Waals surface area contributed by atoms with Crippen LogP contribution in [0.2, 0.25) is 0 Å². The van der Waals surface area contributed by atoms with E-state index in [1.54, 1.807) is 0 Å². The minimum absolute atomic E-state index is 0.466. The van der Waals surface area contributed by atoms with Crippen LogP contribution < -0.4 is 0 Å². The Bertz CT molecular complexity index is 2600. The van der Waals surface area contributed by atoms with Gasteiger partial charge in [-0.1, -0.05) is 139 Å². The van der Waals surface area contributed by atoms with E-state index in [4.69, 9.17) is 15.3 Å². The van der Waals surface area contributed by atoms with Crippen molar-refractivity contribution in [2.24, 2.45) is 9.98 Å². The van der Waals surface area contributed by atoms with Gasteiger partial charge in [-0.15, -0.1) is 0 Å². The van der Waals surface area contributed by atoms with Gasteiger partial charge in [0.25, 0.3) is 0 Å². The molecule has 4 heteroatoms. The van der Waals surface area contributed by atoms with Crippen LogP contribution in [-0.2, 0) is 0 Å². The molecule has 246 valence electrons. The molecule has 2 aliphatic carbocycles. The van der Waals surface area contributed by atoms with Crippen LogP contribution in [0.5, 0.6) is 0 Å². The topological polar surface area (TPSA) is 51.7 Å². The first-order valence-electron chi connectivity index (χ1n) is 17.9. The highest BCUT2D eigenvalue weighted by molar-refractivity contribution is 6.20. The summed E-state index contributed by atoms with van der Waals surface area (Å²) in [4.78, 5) is 14.8. The monoisotopic (exact) mass is 665 g/mol. The molecule has 1 aliphatic heterocycles. The predicted octanol–water partition coefficient (Wildman–Crippen LogP) is 12.4. The maximum atomic E-state index is 5.24. The van der Waals surface area contributed by atoms with Crippen molar-refractivity contribution in [3.8, 4) is 55.8 Å². The van der Waals surface area contributed by atoms with Gasteiger partial charge in [-0.25, -0.2) is 0 Å². The smallest absolute Gasteiger partial charge is 0.0822 e. The predicted molar refractivity (Wildman–Crippen MR) is 215 cm³/mol. The normalized spacial score (nSPS) is 15.8. The van der Waals surface area contributed by atoms with Crippen LogP contribution in [-0.4, -0.2) is 16.7 Å².